The second-order valence-electron chi connectivity index (χ2n) is 5.28. The molecule has 2 aromatic rings. The van der Waals surface area contributed by atoms with E-state index in [1.165, 1.54) is 11.1 Å². The SMILES string of the molecule is CCc1cc(C(=O)N2CC=C(c3ccccc3)C2)n(C)n1. The second kappa shape index (κ2) is 5.56. The molecule has 1 aliphatic heterocycles. The minimum Gasteiger partial charge on any atom is -0.329 e. The topological polar surface area (TPSA) is 38.1 Å². The Kier molecular flexibility index (Phi) is 3.60. The van der Waals surface area contributed by atoms with Gasteiger partial charge in [-0.2, -0.15) is 5.10 Å². The summed E-state index contributed by atoms with van der Waals surface area (Å²) >= 11 is 0. The van der Waals surface area contributed by atoms with Crippen LogP contribution in [0.25, 0.3) is 5.57 Å². The highest BCUT2D eigenvalue weighted by molar-refractivity contribution is 5.94. The van der Waals surface area contributed by atoms with Crippen molar-refractivity contribution in [2.75, 3.05) is 13.1 Å². The Bertz CT molecular complexity index is 685. The van der Waals surface area contributed by atoms with E-state index >= 15 is 0 Å². The maximum absolute atomic E-state index is 12.6. The first-order chi connectivity index (χ1) is 10.2. The fourth-order valence-electron chi connectivity index (χ4n) is 2.63. The zero-order valence-corrected chi connectivity index (χ0v) is 12.4. The number of carbonyl (C=O) groups is 1. The molecule has 0 spiro atoms. The molecule has 108 valence electrons. The van der Waals surface area contributed by atoms with Crippen LogP contribution in [0.3, 0.4) is 0 Å². The Morgan fingerprint density at radius 2 is 2.05 bits per heavy atom. The summed E-state index contributed by atoms with van der Waals surface area (Å²) < 4.78 is 1.68. The third-order valence-electron chi connectivity index (χ3n) is 3.86. The van der Waals surface area contributed by atoms with E-state index in [1.807, 2.05) is 43.1 Å². The van der Waals surface area contributed by atoms with Gasteiger partial charge < -0.3 is 4.90 Å². The normalized spacial score (nSPS) is 14.4. The smallest absolute Gasteiger partial charge is 0.272 e. The Morgan fingerprint density at radius 1 is 1.29 bits per heavy atom. The van der Waals surface area contributed by atoms with Gasteiger partial charge in [0, 0.05) is 20.1 Å². The lowest BCUT2D eigenvalue weighted by molar-refractivity contribution is 0.0790. The molecular formula is C17H19N3O. The third-order valence-corrected chi connectivity index (χ3v) is 3.86. The zero-order chi connectivity index (χ0) is 14.8. The summed E-state index contributed by atoms with van der Waals surface area (Å²) in [6.45, 7) is 3.37. The van der Waals surface area contributed by atoms with Crippen LogP contribution in [-0.4, -0.2) is 33.7 Å². The number of hydrogen-bond acceptors (Lipinski definition) is 2. The van der Waals surface area contributed by atoms with Gasteiger partial charge in [-0.3, -0.25) is 9.48 Å². The Morgan fingerprint density at radius 3 is 2.71 bits per heavy atom. The molecule has 1 aromatic carbocycles. The van der Waals surface area contributed by atoms with Gasteiger partial charge in [0.2, 0.25) is 0 Å². The molecule has 1 aromatic heterocycles. The highest BCUT2D eigenvalue weighted by Crippen LogP contribution is 2.22. The van der Waals surface area contributed by atoms with Crippen molar-refractivity contribution in [1.29, 1.82) is 0 Å². The van der Waals surface area contributed by atoms with Crippen molar-refractivity contribution in [3.8, 4) is 0 Å². The summed E-state index contributed by atoms with van der Waals surface area (Å²) in [5.74, 6) is 0.0480. The van der Waals surface area contributed by atoms with Gasteiger partial charge in [-0.1, -0.05) is 43.3 Å². The van der Waals surface area contributed by atoms with Crippen molar-refractivity contribution >= 4 is 11.5 Å². The zero-order valence-electron chi connectivity index (χ0n) is 12.4. The molecule has 0 unspecified atom stereocenters. The molecule has 2 heterocycles. The van der Waals surface area contributed by atoms with E-state index < -0.39 is 0 Å². The van der Waals surface area contributed by atoms with Crippen LogP contribution in [0.2, 0.25) is 0 Å². The van der Waals surface area contributed by atoms with Crippen molar-refractivity contribution in [3.63, 3.8) is 0 Å². The molecule has 21 heavy (non-hydrogen) atoms. The number of amides is 1. The molecule has 1 aliphatic rings. The molecule has 0 saturated carbocycles. The number of carbonyl (C=O) groups excluding carboxylic acids is 1. The van der Waals surface area contributed by atoms with Gasteiger partial charge >= 0.3 is 0 Å². The Labute approximate surface area is 124 Å². The lowest BCUT2D eigenvalue weighted by Gasteiger charge is -2.16. The molecule has 3 rings (SSSR count). The lowest BCUT2D eigenvalue weighted by Crippen LogP contribution is -2.30. The minimum absolute atomic E-state index is 0.0480. The largest absolute Gasteiger partial charge is 0.329 e. The minimum atomic E-state index is 0.0480. The van der Waals surface area contributed by atoms with Crippen LogP contribution < -0.4 is 0 Å². The van der Waals surface area contributed by atoms with Crippen LogP contribution in [0.4, 0.5) is 0 Å². The van der Waals surface area contributed by atoms with E-state index in [0.29, 0.717) is 18.8 Å². The number of nitrogens with zero attached hydrogens (tertiary/aromatic N) is 3. The summed E-state index contributed by atoms with van der Waals surface area (Å²) in [4.78, 5) is 14.5. The molecule has 0 bridgehead atoms. The van der Waals surface area contributed by atoms with E-state index in [0.717, 1.165) is 12.1 Å². The standard InChI is InChI=1S/C17H19N3O/c1-3-15-11-16(19(2)18-15)17(21)20-10-9-14(12-20)13-7-5-4-6-8-13/h4-9,11H,3,10,12H2,1-2H3. The number of rotatable bonds is 3. The maximum Gasteiger partial charge on any atom is 0.272 e. The summed E-state index contributed by atoms with van der Waals surface area (Å²) in [5.41, 5.74) is 4.01. The molecule has 4 heteroatoms. The fraction of sp³-hybridized carbons (Fsp3) is 0.294. The van der Waals surface area contributed by atoms with Gasteiger partial charge in [-0.25, -0.2) is 0 Å². The van der Waals surface area contributed by atoms with Crippen LogP contribution in [0.5, 0.6) is 0 Å². The maximum atomic E-state index is 12.6. The van der Waals surface area contributed by atoms with Crippen LogP contribution in [0, 0.1) is 0 Å². The average Bonchev–Trinajstić information content (AvgIpc) is 3.14. The van der Waals surface area contributed by atoms with E-state index in [9.17, 15) is 4.79 Å². The Hall–Kier alpha value is -2.36. The van der Waals surface area contributed by atoms with Gasteiger partial charge in [0.25, 0.3) is 5.91 Å². The summed E-state index contributed by atoms with van der Waals surface area (Å²) in [5, 5.41) is 4.35. The van der Waals surface area contributed by atoms with Crippen molar-refractivity contribution in [2.45, 2.75) is 13.3 Å². The highest BCUT2D eigenvalue weighted by atomic mass is 16.2. The molecular weight excluding hydrogens is 262 g/mol. The highest BCUT2D eigenvalue weighted by Gasteiger charge is 2.24. The molecule has 0 aliphatic carbocycles. The lowest BCUT2D eigenvalue weighted by atomic mass is 10.1. The quantitative estimate of drug-likeness (QED) is 0.867. The summed E-state index contributed by atoms with van der Waals surface area (Å²) in [7, 11) is 1.83. The fourth-order valence-corrected chi connectivity index (χ4v) is 2.63. The van der Waals surface area contributed by atoms with Crippen molar-refractivity contribution in [1.82, 2.24) is 14.7 Å². The first-order valence-corrected chi connectivity index (χ1v) is 7.25. The van der Waals surface area contributed by atoms with Crippen LogP contribution in [0.1, 0.15) is 28.7 Å². The number of benzene rings is 1. The average molecular weight is 281 g/mol. The Balaban J connectivity index is 1.75. The van der Waals surface area contributed by atoms with Crippen LogP contribution in [0.15, 0.2) is 42.5 Å². The van der Waals surface area contributed by atoms with E-state index in [1.54, 1.807) is 4.68 Å². The van der Waals surface area contributed by atoms with E-state index in [2.05, 4.69) is 23.3 Å². The summed E-state index contributed by atoms with van der Waals surface area (Å²) in [6, 6.07) is 12.1. The van der Waals surface area contributed by atoms with Gasteiger partial charge in [0.15, 0.2) is 0 Å². The predicted molar refractivity (Wildman–Crippen MR) is 82.9 cm³/mol. The van der Waals surface area contributed by atoms with Gasteiger partial charge in [0.1, 0.15) is 5.69 Å². The molecule has 1 amide bonds. The van der Waals surface area contributed by atoms with Gasteiger partial charge in [-0.15, -0.1) is 0 Å². The summed E-state index contributed by atoms with van der Waals surface area (Å²) in [6.07, 6.45) is 2.97. The third kappa shape index (κ3) is 2.61. The van der Waals surface area contributed by atoms with Crippen molar-refractivity contribution < 1.29 is 4.79 Å². The van der Waals surface area contributed by atoms with Crippen LogP contribution in [-0.2, 0) is 13.5 Å². The first-order valence-electron chi connectivity index (χ1n) is 7.25. The van der Waals surface area contributed by atoms with E-state index in [-0.39, 0.29) is 5.91 Å². The molecule has 0 atom stereocenters. The molecule has 0 fully saturated rings. The van der Waals surface area contributed by atoms with Gasteiger partial charge in [-0.05, 0) is 23.6 Å². The van der Waals surface area contributed by atoms with Crippen LogP contribution >= 0.6 is 0 Å². The van der Waals surface area contributed by atoms with Crippen molar-refractivity contribution in [2.24, 2.45) is 7.05 Å². The molecule has 0 radical (unpaired) electrons. The monoisotopic (exact) mass is 281 g/mol. The second-order valence-corrected chi connectivity index (χ2v) is 5.28. The van der Waals surface area contributed by atoms with Gasteiger partial charge in [0.05, 0.1) is 5.69 Å². The molecule has 0 N–H and O–H groups in total. The van der Waals surface area contributed by atoms with E-state index in [4.69, 9.17) is 0 Å². The first kappa shape index (κ1) is 13.6. The van der Waals surface area contributed by atoms with Crippen molar-refractivity contribution in [3.05, 3.63) is 59.4 Å². The number of hydrogen-bond donors (Lipinski definition) is 0. The molecule has 0 saturated heterocycles. The predicted octanol–water partition coefficient (Wildman–Crippen LogP) is 2.52. The molecule has 4 nitrogen and oxygen atoms in total. The number of aryl methyl sites for hydroxylation is 2. The number of aromatic nitrogens is 2.